The minimum absolute atomic E-state index is 0.180. The third kappa shape index (κ3) is 3.23. The van der Waals surface area contributed by atoms with Crippen LogP contribution in [0, 0.1) is 6.92 Å². The number of aryl methyl sites for hydroxylation is 1. The number of nitrogens with zero attached hydrogens (tertiary/aromatic N) is 3. The van der Waals surface area contributed by atoms with Crippen molar-refractivity contribution < 1.29 is 9.53 Å². The Kier molecular flexibility index (Phi) is 4.38. The number of esters is 1. The molecule has 2 rings (SSSR count). The van der Waals surface area contributed by atoms with Crippen LogP contribution in [0.25, 0.3) is 0 Å². The fraction of sp³-hybridized carbons (Fsp3) is 0.364. The average molecular weight is 318 g/mol. The van der Waals surface area contributed by atoms with Crippen LogP contribution in [0.1, 0.15) is 19.6 Å². The summed E-state index contributed by atoms with van der Waals surface area (Å²) in [6.45, 7) is 2.64. The zero-order valence-corrected chi connectivity index (χ0v) is 13.0. The van der Waals surface area contributed by atoms with Gasteiger partial charge in [-0.05, 0) is 6.92 Å². The maximum Gasteiger partial charge on any atom is 0.351 e. The summed E-state index contributed by atoms with van der Waals surface area (Å²) in [5.74, 6) is -0.462. The van der Waals surface area contributed by atoms with Gasteiger partial charge in [0, 0.05) is 18.1 Å². The number of thiazole rings is 2. The number of methoxy groups -OCH3 is 1. The molecule has 0 saturated heterocycles. The van der Waals surface area contributed by atoms with E-state index in [1.165, 1.54) is 18.4 Å². The van der Waals surface area contributed by atoms with E-state index < -0.39 is 5.97 Å². The van der Waals surface area contributed by atoms with Crippen molar-refractivity contribution in [3.05, 3.63) is 26.1 Å². The second-order valence-corrected chi connectivity index (χ2v) is 6.46. The van der Waals surface area contributed by atoms with Crippen molar-refractivity contribution in [2.24, 2.45) is 0 Å². The molecule has 2 heterocycles. The van der Waals surface area contributed by atoms with Crippen LogP contribution in [-0.2, 0) is 11.3 Å². The molecule has 0 radical (unpaired) electrons. The van der Waals surface area contributed by atoms with Gasteiger partial charge in [0.25, 0.3) is 0 Å². The second kappa shape index (κ2) is 5.85. The summed E-state index contributed by atoms with van der Waals surface area (Å²) in [5.41, 5.74) is 0. The van der Waals surface area contributed by atoms with E-state index in [-0.39, 0.29) is 5.15 Å². The molecule has 19 heavy (non-hydrogen) atoms. The number of ether oxygens (including phenoxy) is 1. The molecule has 0 aliphatic heterocycles. The lowest BCUT2D eigenvalue weighted by Gasteiger charge is -2.13. The summed E-state index contributed by atoms with van der Waals surface area (Å²) >= 11 is 8.78. The maximum atomic E-state index is 11.5. The van der Waals surface area contributed by atoms with E-state index >= 15 is 0 Å². The molecule has 0 aliphatic rings. The molecule has 0 N–H and O–H groups in total. The van der Waals surface area contributed by atoms with E-state index in [0.29, 0.717) is 16.6 Å². The molecule has 2 aromatic heterocycles. The first-order valence-corrected chi connectivity index (χ1v) is 7.39. The molecule has 0 amide bonds. The number of hydrogen-bond acceptors (Lipinski definition) is 7. The van der Waals surface area contributed by atoms with Gasteiger partial charge in [-0.25, -0.2) is 14.8 Å². The second-order valence-electron chi connectivity index (χ2n) is 3.81. The minimum Gasteiger partial charge on any atom is -0.465 e. The standard InChI is InChI=1S/C11H12ClN3O2S2/c1-6-13-4-7(18-6)5-15(2)11-14-9(12)8(19-11)10(16)17-3/h4H,5H2,1-3H3. The molecule has 102 valence electrons. The Labute approximate surface area is 123 Å². The number of carbonyl (C=O) groups excluding carboxylic acids is 1. The molecule has 0 fully saturated rings. The predicted molar refractivity (Wildman–Crippen MR) is 77.4 cm³/mol. The Balaban J connectivity index is 2.15. The van der Waals surface area contributed by atoms with Gasteiger partial charge in [-0.3, -0.25) is 0 Å². The normalized spacial score (nSPS) is 10.5. The van der Waals surface area contributed by atoms with Crippen molar-refractivity contribution in [2.45, 2.75) is 13.5 Å². The number of halogens is 1. The third-order valence-electron chi connectivity index (χ3n) is 2.33. The Bertz CT molecular complexity index is 597. The molecule has 0 aromatic carbocycles. The highest BCUT2D eigenvalue weighted by Gasteiger charge is 2.19. The van der Waals surface area contributed by atoms with Crippen LogP contribution in [0.5, 0.6) is 0 Å². The predicted octanol–water partition coefficient (Wildman–Crippen LogP) is 2.98. The average Bonchev–Trinajstić information content (AvgIpc) is 2.95. The Morgan fingerprint density at radius 3 is 2.84 bits per heavy atom. The SMILES string of the molecule is COC(=O)c1sc(N(C)Cc2cnc(C)s2)nc1Cl. The molecular weight excluding hydrogens is 306 g/mol. The van der Waals surface area contributed by atoms with Gasteiger partial charge in [0.1, 0.15) is 0 Å². The molecule has 5 nitrogen and oxygen atoms in total. The molecule has 0 bridgehead atoms. The number of hydrogen-bond donors (Lipinski definition) is 0. The minimum atomic E-state index is -0.462. The van der Waals surface area contributed by atoms with Gasteiger partial charge in [0.05, 0.1) is 18.7 Å². The van der Waals surface area contributed by atoms with Crippen molar-refractivity contribution in [3.8, 4) is 0 Å². The van der Waals surface area contributed by atoms with Gasteiger partial charge in [-0.1, -0.05) is 22.9 Å². The highest BCUT2D eigenvalue weighted by Crippen LogP contribution is 2.30. The van der Waals surface area contributed by atoms with Crippen LogP contribution in [0.2, 0.25) is 5.15 Å². The van der Waals surface area contributed by atoms with E-state index in [1.807, 2.05) is 25.1 Å². The van der Waals surface area contributed by atoms with E-state index in [2.05, 4.69) is 14.7 Å². The lowest BCUT2D eigenvalue weighted by Crippen LogP contribution is -2.15. The Hall–Kier alpha value is -1.18. The van der Waals surface area contributed by atoms with Crippen LogP contribution >= 0.6 is 34.3 Å². The third-order valence-corrected chi connectivity index (χ3v) is 4.77. The van der Waals surface area contributed by atoms with E-state index in [0.717, 1.165) is 9.88 Å². The zero-order valence-electron chi connectivity index (χ0n) is 10.6. The van der Waals surface area contributed by atoms with Gasteiger partial charge >= 0.3 is 5.97 Å². The Morgan fingerprint density at radius 1 is 1.53 bits per heavy atom. The lowest BCUT2D eigenvalue weighted by molar-refractivity contribution is 0.0606. The summed E-state index contributed by atoms with van der Waals surface area (Å²) in [6.07, 6.45) is 1.84. The number of carbonyl (C=O) groups is 1. The van der Waals surface area contributed by atoms with Gasteiger partial charge < -0.3 is 9.64 Å². The molecule has 8 heteroatoms. The fourth-order valence-electron chi connectivity index (χ4n) is 1.45. The first-order valence-electron chi connectivity index (χ1n) is 5.38. The number of aromatic nitrogens is 2. The van der Waals surface area contributed by atoms with Gasteiger partial charge in [0.15, 0.2) is 15.2 Å². The zero-order chi connectivity index (χ0) is 14.0. The quantitative estimate of drug-likeness (QED) is 0.811. The summed E-state index contributed by atoms with van der Waals surface area (Å²) in [6, 6.07) is 0. The number of anilines is 1. The lowest BCUT2D eigenvalue weighted by atomic mass is 10.5. The van der Waals surface area contributed by atoms with Gasteiger partial charge in [-0.2, -0.15) is 0 Å². The molecule has 0 atom stereocenters. The van der Waals surface area contributed by atoms with E-state index in [4.69, 9.17) is 11.6 Å². The van der Waals surface area contributed by atoms with Crippen LogP contribution in [0.3, 0.4) is 0 Å². The Morgan fingerprint density at radius 2 is 2.26 bits per heavy atom. The molecule has 0 spiro atoms. The fourth-order valence-corrected chi connectivity index (χ4v) is 3.46. The summed E-state index contributed by atoms with van der Waals surface area (Å²) in [7, 11) is 3.22. The maximum absolute atomic E-state index is 11.5. The molecule has 0 unspecified atom stereocenters. The van der Waals surface area contributed by atoms with Crippen LogP contribution in [-0.4, -0.2) is 30.1 Å². The van der Waals surface area contributed by atoms with E-state index in [9.17, 15) is 4.79 Å². The molecular formula is C11H12ClN3O2S2. The van der Waals surface area contributed by atoms with Crippen molar-refractivity contribution in [1.82, 2.24) is 9.97 Å². The topological polar surface area (TPSA) is 55.3 Å². The first-order chi connectivity index (χ1) is 9.01. The number of rotatable bonds is 4. The highest BCUT2D eigenvalue weighted by molar-refractivity contribution is 7.18. The van der Waals surface area contributed by atoms with Crippen LogP contribution in [0.4, 0.5) is 5.13 Å². The molecule has 0 aliphatic carbocycles. The van der Waals surface area contributed by atoms with Crippen molar-refractivity contribution >= 4 is 45.4 Å². The van der Waals surface area contributed by atoms with Crippen molar-refractivity contribution in [2.75, 3.05) is 19.1 Å². The monoisotopic (exact) mass is 317 g/mol. The van der Waals surface area contributed by atoms with Gasteiger partial charge in [-0.15, -0.1) is 11.3 Å². The first kappa shape index (κ1) is 14.2. The molecule has 2 aromatic rings. The van der Waals surface area contributed by atoms with E-state index in [1.54, 1.807) is 11.3 Å². The largest absolute Gasteiger partial charge is 0.465 e. The highest BCUT2D eigenvalue weighted by atomic mass is 35.5. The van der Waals surface area contributed by atoms with Crippen molar-refractivity contribution in [1.29, 1.82) is 0 Å². The van der Waals surface area contributed by atoms with Gasteiger partial charge in [0.2, 0.25) is 0 Å². The molecule has 0 saturated carbocycles. The summed E-state index contributed by atoms with van der Waals surface area (Å²) in [5, 5.41) is 1.88. The van der Waals surface area contributed by atoms with Crippen LogP contribution < -0.4 is 4.90 Å². The summed E-state index contributed by atoms with van der Waals surface area (Å²) < 4.78 is 4.65. The smallest absolute Gasteiger partial charge is 0.351 e. The van der Waals surface area contributed by atoms with Crippen molar-refractivity contribution in [3.63, 3.8) is 0 Å². The summed E-state index contributed by atoms with van der Waals surface area (Å²) in [4.78, 5) is 23.2. The van der Waals surface area contributed by atoms with Crippen LogP contribution in [0.15, 0.2) is 6.20 Å².